The van der Waals surface area contributed by atoms with Crippen molar-refractivity contribution in [2.75, 3.05) is 0 Å². The summed E-state index contributed by atoms with van der Waals surface area (Å²) in [5.41, 5.74) is 0.725. The Morgan fingerprint density at radius 3 is 2.91 bits per heavy atom. The molecule has 32 heavy (non-hydrogen) atoms. The molecule has 4 rings (SSSR count). The highest BCUT2D eigenvalue weighted by molar-refractivity contribution is 6.42. The maximum atomic E-state index is 12.6. The smallest absolute Gasteiger partial charge is 0.272 e. The SMILES string of the molecule is Cn1ncc(N=Cc2ccc(COc3cccc(Cl)c3Cl)o2)c1C(=O)NCc1ccco1. The number of aliphatic imine (C=N–C) groups is 1. The number of aryl methyl sites for hydroxylation is 1. The minimum atomic E-state index is -0.319. The monoisotopic (exact) mass is 472 g/mol. The molecule has 0 fully saturated rings. The molecule has 10 heteroatoms. The molecule has 0 aliphatic rings. The maximum absolute atomic E-state index is 12.6. The number of rotatable bonds is 8. The van der Waals surface area contributed by atoms with Gasteiger partial charge in [-0.25, -0.2) is 4.99 Å². The van der Waals surface area contributed by atoms with Crippen molar-refractivity contribution in [2.24, 2.45) is 12.0 Å². The third-order valence-corrected chi connectivity index (χ3v) is 5.24. The number of nitrogens with zero attached hydrogens (tertiary/aromatic N) is 3. The van der Waals surface area contributed by atoms with Crippen LogP contribution < -0.4 is 10.1 Å². The van der Waals surface area contributed by atoms with E-state index in [0.717, 1.165) is 0 Å². The van der Waals surface area contributed by atoms with Crippen LogP contribution in [0, 0.1) is 0 Å². The van der Waals surface area contributed by atoms with Crippen LogP contribution >= 0.6 is 23.2 Å². The van der Waals surface area contributed by atoms with E-state index in [1.807, 2.05) is 0 Å². The molecule has 0 atom stereocenters. The molecule has 1 amide bonds. The summed E-state index contributed by atoms with van der Waals surface area (Å²) < 4.78 is 18.1. The van der Waals surface area contributed by atoms with Crippen LogP contribution in [0.25, 0.3) is 0 Å². The second-order valence-corrected chi connectivity index (χ2v) is 7.45. The number of aromatic nitrogens is 2. The number of hydrogen-bond acceptors (Lipinski definition) is 6. The fourth-order valence-corrected chi connectivity index (χ4v) is 3.21. The van der Waals surface area contributed by atoms with E-state index in [-0.39, 0.29) is 19.1 Å². The van der Waals surface area contributed by atoms with E-state index in [2.05, 4.69) is 15.4 Å². The topological polar surface area (TPSA) is 94.8 Å². The molecule has 4 aromatic rings. The third-order valence-electron chi connectivity index (χ3n) is 4.44. The molecule has 0 radical (unpaired) electrons. The molecule has 1 aromatic carbocycles. The Balaban J connectivity index is 1.40. The van der Waals surface area contributed by atoms with E-state index in [0.29, 0.717) is 44.5 Å². The van der Waals surface area contributed by atoms with Gasteiger partial charge in [0.2, 0.25) is 0 Å². The van der Waals surface area contributed by atoms with Crippen molar-refractivity contribution in [1.82, 2.24) is 15.1 Å². The Kier molecular flexibility index (Phi) is 6.63. The van der Waals surface area contributed by atoms with Gasteiger partial charge in [0.25, 0.3) is 5.91 Å². The first-order valence-corrected chi connectivity index (χ1v) is 10.3. The fourth-order valence-electron chi connectivity index (χ4n) is 2.87. The normalized spacial score (nSPS) is 11.2. The third kappa shape index (κ3) is 5.04. The molecule has 164 valence electrons. The van der Waals surface area contributed by atoms with Crippen LogP contribution in [0.4, 0.5) is 5.69 Å². The average molecular weight is 473 g/mol. The summed E-state index contributed by atoms with van der Waals surface area (Å²) in [6, 6.07) is 12.2. The molecule has 3 heterocycles. The number of amides is 1. The maximum Gasteiger partial charge on any atom is 0.272 e. The van der Waals surface area contributed by atoms with Crippen LogP contribution in [0.1, 0.15) is 27.8 Å². The second kappa shape index (κ2) is 9.76. The summed E-state index contributed by atoms with van der Waals surface area (Å²) in [7, 11) is 1.67. The van der Waals surface area contributed by atoms with Crippen LogP contribution in [0.2, 0.25) is 10.0 Å². The fraction of sp³-hybridized carbons (Fsp3) is 0.136. The van der Waals surface area contributed by atoms with Gasteiger partial charge in [0.15, 0.2) is 5.69 Å². The van der Waals surface area contributed by atoms with Gasteiger partial charge in [-0.15, -0.1) is 0 Å². The minimum absolute atomic E-state index is 0.168. The van der Waals surface area contributed by atoms with E-state index in [9.17, 15) is 4.79 Å². The van der Waals surface area contributed by atoms with Gasteiger partial charge >= 0.3 is 0 Å². The van der Waals surface area contributed by atoms with Gasteiger partial charge in [-0.1, -0.05) is 29.3 Å². The summed E-state index contributed by atoms with van der Waals surface area (Å²) in [6.07, 6.45) is 4.57. The molecule has 8 nitrogen and oxygen atoms in total. The van der Waals surface area contributed by atoms with Gasteiger partial charge in [0.1, 0.15) is 40.3 Å². The largest absolute Gasteiger partial charge is 0.484 e. The summed E-state index contributed by atoms with van der Waals surface area (Å²) in [6.45, 7) is 0.430. The van der Waals surface area contributed by atoms with Crippen LogP contribution in [-0.2, 0) is 20.2 Å². The number of halogens is 2. The average Bonchev–Trinajstić information content (AvgIpc) is 3.53. The Bertz CT molecular complexity index is 1240. The summed E-state index contributed by atoms with van der Waals surface area (Å²) in [5.74, 6) is 1.86. The Morgan fingerprint density at radius 2 is 2.09 bits per heavy atom. The molecule has 0 bridgehead atoms. The van der Waals surface area contributed by atoms with Gasteiger partial charge in [0, 0.05) is 7.05 Å². The van der Waals surface area contributed by atoms with Crippen LogP contribution in [0.5, 0.6) is 5.75 Å². The predicted molar refractivity (Wildman–Crippen MR) is 120 cm³/mol. The number of furan rings is 2. The van der Waals surface area contributed by atoms with Gasteiger partial charge in [-0.2, -0.15) is 5.10 Å². The number of benzene rings is 1. The van der Waals surface area contributed by atoms with E-state index in [4.69, 9.17) is 36.8 Å². The molecular formula is C22H18Cl2N4O4. The molecule has 0 aliphatic heterocycles. The zero-order chi connectivity index (χ0) is 22.5. The number of carbonyl (C=O) groups excluding carboxylic acids is 1. The van der Waals surface area contributed by atoms with Crippen molar-refractivity contribution in [1.29, 1.82) is 0 Å². The number of carbonyl (C=O) groups is 1. The Labute approximate surface area is 193 Å². The summed E-state index contributed by atoms with van der Waals surface area (Å²) in [4.78, 5) is 16.9. The molecule has 3 aromatic heterocycles. The van der Waals surface area contributed by atoms with Crippen molar-refractivity contribution in [3.8, 4) is 5.75 Å². The lowest BCUT2D eigenvalue weighted by molar-refractivity contribution is 0.0939. The van der Waals surface area contributed by atoms with Gasteiger partial charge in [0.05, 0.1) is 30.2 Å². The lowest BCUT2D eigenvalue weighted by Gasteiger charge is -2.07. The van der Waals surface area contributed by atoms with E-state index in [1.54, 1.807) is 55.8 Å². The molecule has 0 aliphatic carbocycles. The molecule has 0 saturated carbocycles. The molecule has 1 N–H and O–H groups in total. The van der Waals surface area contributed by atoms with Gasteiger partial charge < -0.3 is 18.9 Å². The van der Waals surface area contributed by atoms with E-state index in [1.165, 1.54) is 17.1 Å². The molecule has 0 unspecified atom stereocenters. The predicted octanol–water partition coefficient (Wildman–Crippen LogP) is 5.17. The highest BCUT2D eigenvalue weighted by atomic mass is 35.5. The highest BCUT2D eigenvalue weighted by Crippen LogP contribution is 2.32. The second-order valence-electron chi connectivity index (χ2n) is 6.67. The number of nitrogens with one attached hydrogen (secondary N) is 1. The Hall–Kier alpha value is -3.49. The van der Waals surface area contributed by atoms with Crippen molar-refractivity contribution >= 4 is 41.0 Å². The first-order valence-electron chi connectivity index (χ1n) is 9.53. The minimum Gasteiger partial charge on any atom is -0.484 e. The van der Waals surface area contributed by atoms with Gasteiger partial charge in [-0.3, -0.25) is 9.48 Å². The quantitative estimate of drug-likeness (QED) is 0.356. The number of hydrogen-bond donors (Lipinski definition) is 1. The molecule has 0 spiro atoms. The van der Waals surface area contributed by atoms with Crippen LogP contribution in [0.3, 0.4) is 0 Å². The van der Waals surface area contributed by atoms with Crippen molar-refractivity contribution in [3.05, 3.63) is 87.9 Å². The van der Waals surface area contributed by atoms with Crippen molar-refractivity contribution in [2.45, 2.75) is 13.2 Å². The number of ether oxygens (including phenoxy) is 1. The van der Waals surface area contributed by atoms with E-state index >= 15 is 0 Å². The standard InChI is InChI=1S/C22H18Cl2N4O4/c1-28-21(22(29)26-10-14-4-3-9-30-14)18(12-27-28)25-11-15-7-8-16(32-15)13-31-19-6-2-5-17(23)20(19)24/h2-9,11-12H,10,13H2,1H3,(H,26,29). The first kappa shape index (κ1) is 21.7. The van der Waals surface area contributed by atoms with Gasteiger partial charge in [-0.05, 0) is 36.4 Å². The van der Waals surface area contributed by atoms with Crippen LogP contribution in [-0.4, -0.2) is 21.9 Å². The zero-order valence-electron chi connectivity index (χ0n) is 16.9. The lowest BCUT2D eigenvalue weighted by Crippen LogP contribution is -2.25. The van der Waals surface area contributed by atoms with Crippen LogP contribution in [0.15, 0.2) is 68.8 Å². The highest BCUT2D eigenvalue weighted by Gasteiger charge is 2.17. The molecular weight excluding hydrogens is 455 g/mol. The zero-order valence-corrected chi connectivity index (χ0v) is 18.4. The summed E-state index contributed by atoms with van der Waals surface area (Å²) >= 11 is 12.1. The van der Waals surface area contributed by atoms with Crippen molar-refractivity contribution in [3.63, 3.8) is 0 Å². The molecule has 0 saturated heterocycles. The van der Waals surface area contributed by atoms with Crippen molar-refractivity contribution < 1.29 is 18.4 Å². The first-order chi connectivity index (χ1) is 15.5. The lowest BCUT2D eigenvalue weighted by atomic mass is 10.3. The van der Waals surface area contributed by atoms with E-state index < -0.39 is 0 Å². The summed E-state index contributed by atoms with van der Waals surface area (Å²) in [5, 5.41) is 7.67. The Morgan fingerprint density at radius 1 is 1.22 bits per heavy atom.